The van der Waals surface area contributed by atoms with E-state index in [9.17, 15) is 0 Å². The van der Waals surface area contributed by atoms with Gasteiger partial charge in [-0.3, -0.25) is 0 Å². The molecule has 1 aromatic rings. The molecule has 5 heteroatoms. The molecule has 5 nitrogen and oxygen atoms in total. The van der Waals surface area contributed by atoms with Crippen LogP contribution in [0.1, 0.15) is 26.5 Å². The Balaban J connectivity index is 2.20. The van der Waals surface area contributed by atoms with E-state index in [0.29, 0.717) is 25.5 Å². The van der Waals surface area contributed by atoms with Crippen molar-refractivity contribution < 1.29 is 13.9 Å². The summed E-state index contributed by atoms with van der Waals surface area (Å²) >= 11 is 0. The summed E-state index contributed by atoms with van der Waals surface area (Å²) in [6.07, 6.45) is 1.73. The molecule has 0 aliphatic carbocycles. The third kappa shape index (κ3) is 4.80. The Hall–Kier alpha value is -1.07. The molecule has 0 unspecified atom stereocenters. The highest BCUT2D eigenvalue weighted by Gasteiger charge is 2.10. The minimum atomic E-state index is -0.150. The molecule has 0 radical (unpaired) electrons. The van der Waals surface area contributed by atoms with Gasteiger partial charge in [0.2, 0.25) is 0 Å². The summed E-state index contributed by atoms with van der Waals surface area (Å²) in [6.45, 7) is 7.25. The van der Waals surface area contributed by atoms with E-state index in [1.165, 1.54) is 6.26 Å². The van der Waals surface area contributed by atoms with Crippen molar-refractivity contribution in [3.63, 3.8) is 0 Å². The number of hydrogen-bond donors (Lipinski definition) is 1. The monoisotopic (exact) mass is 214 g/mol. The van der Waals surface area contributed by atoms with Gasteiger partial charge in [0.1, 0.15) is 12.9 Å². The van der Waals surface area contributed by atoms with Crippen LogP contribution in [-0.2, 0) is 11.3 Å². The SMILES string of the molecule is CC(C)(C)OCCOc1nc(CN)co1. The Kier molecular flexibility index (Phi) is 4.11. The van der Waals surface area contributed by atoms with E-state index in [-0.39, 0.29) is 11.7 Å². The molecule has 0 bridgehead atoms. The number of hydrogen-bond acceptors (Lipinski definition) is 5. The van der Waals surface area contributed by atoms with E-state index in [1.807, 2.05) is 20.8 Å². The van der Waals surface area contributed by atoms with Crippen LogP contribution < -0.4 is 10.5 Å². The second-order valence-corrected chi connectivity index (χ2v) is 4.12. The summed E-state index contributed by atoms with van der Waals surface area (Å²) in [7, 11) is 0. The van der Waals surface area contributed by atoms with Crippen LogP contribution in [0.3, 0.4) is 0 Å². The Morgan fingerprint density at radius 2 is 2.13 bits per heavy atom. The van der Waals surface area contributed by atoms with Gasteiger partial charge in [0.15, 0.2) is 0 Å². The molecule has 0 amide bonds. The summed E-state index contributed by atoms with van der Waals surface area (Å²) in [5, 5.41) is 0. The lowest BCUT2D eigenvalue weighted by molar-refractivity contribution is -0.0196. The molecular formula is C10H18N2O3. The van der Waals surface area contributed by atoms with Crippen molar-refractivity contribution in [3.8, 4) is 6.08 Å². The predicted molar refractivity (Wildman–Crippen MR) is 55.6 cm³/mol. The number of ether oxygens (including phenoxy) is 2. The second kappa shape index (κ2) is 5.14. The van der Waals surface area contributed by atoms with Crippen LogP contribution in [0.15, 0.2) is 10.7 Å². The topological polar surface area (TPSA) is 70.5 Å². The minimum absolute atomic E-state index is 0.150. The van der Waals surface area contributed by atoms with E-state index in [4.69, 9.17) is 19.6 Å². The third-order valence-corrected chi connectivity index (χ3v) is 1.58. The van der Waals surface area contributed by atoms with E-state index in [0.717, 1.165) is 0 Å². The van der Waals surface area contributed by atoms with Gasteiger partial charge in [-0.2, -0.15) is 4.98 Å². The van der Waals surface area contributed by atoms with Gasteiger partial charge in [-0.15, -0.1) is 0 Å². The molecule has 1 rings (SSSR count). The highest BCUT2D eigenvalue weighted by molar-refractivity contribution is 4.98. The number of nitrogens with two attached hydrogens (primary N) is 1. The van der Waals surface area contributed by atoms with E-state index in [2.05, 4.69) is 4.98 Å². The summed E-state index contributed by atoms with van der Waals surface area (Å²) in [6, 6.07) is 0. The van der Waals surface area contributed by atoms with Crippen LogP contribution in [0, 0.1) is 0 Å². The van der Waals surface area contributed by atoms with E-state index in [1.54, 1.807) is 0 Å². The van der Waals surface area contributed by atoms with Gasteiger partial charge in [-0.25, -0.2) is 0 Å². The molecule has 2 N–H and O–H groups in total. The number of rotatable bonds is 5. The normalized spacial score (nSPS) is 11.7. The van der Waals surface area contributed by atoms with Gasteiger partial charge in [-0.05, 0) is 20.8 Å². The van der Waals surface area contributed by atoms with Crippen LogP contribution in [0.25, 0.3) is 0 Å². The Morgan fingerprint density at radius 3 is 2.67 bits per heavy atom. The lowest BCUT2D eigenvalue weighted by atomic mass is 10.2. The fourth-order valence-electron chi connectivity index (χ4n) is 0.925. The quantitative estimate of drug-likeness (QED) is 0.749. The molecule has 0 saturated heterocycles. The standard InChI is InChI=1S/C10H18N2O3/c1-10(2,3)15-5-4-13-9-12-8(6-11)7-14-9/h7H,4-6,11H2,1-3H3. The highest BCUT2D eigenvalue weighted by Crippen LogP contribution is 2.10. The Bertz CT molecular complexity index is 291. The summed E-state index contributed by atoms with van der Waals surface area (Å²) in [5.41, 5.74) is 5.90. The molecule has 0 aromatic carbocycles. The number of oxazole rings is 1. The average Bonchev–Trinajstić information content (AvgIpc) is 2.59. The fraction of sp³-hybridized carbons (Fsp3) is 0.700. The molecule has 0 saturated carbocycles. The molecule has 0 spiro atoms. The lowest BCUT2D eigenvalue weighted by Gasteiger charge is -2.18. The molecule has 0 aliphatic rings. The summed E-state index contributed by atoms with van der Waals surface area (Å²) < 4.78 is 15.7. The molecule has 1 heterocycles. The van der Waals surface area contributed by atoms with Crippen molar-refractivity contribution in [2.24, 2.45) is 5.73 Å². The van der Waals surface area contributed by atoms with Crippen LogP contribution >= 0.6 is 0 Å². The average molecular weight is 214 g/mol. The first-order valence-corrected chi connectivity index (χ1v) is 4.92. The zero-order valence-electron chi connectivity index (χ0n) is 9.45. The maximum Gasteiger partial charge on any atom is 0.393 e. The van der Waals surface area contributed by atoms with Crippen LogP contribution in [0.4, 0.5) is 0 Å². The third-order valence-electron chi connectivity index (χ3n) is 1.58. The lowest BCUT2D eigenvalue weighted by Crippen LogP contribution is -2.22. The molecule has 1 aromatic heterocycles. The maximum absolute atomic E-state index is 5.47. The van der Waals surface area contributed by atoms with Crippen LogP contribution in [-0.4, -0.2) is 23.8 Å². The zero-order valence-corrected chi connectivity index (χ0v) is 9.45. The number of nitrogens with zero attached hydrogens (tertiary/aromatic N) is 1. The van der Waals surface area contributed by atoms with Crippen molar-refractivity contribution in [2.75, 3.05) is 13.2 Å². The van der Waals surface area contributed by atoms with Gasteiger partial charge < -0.3 is 19.6 Å². The molecule has 15 heavy (non-hydrogen) atoms. The molecule has 0 aliphatic heterocycles. The molecule has 86 valence electrons. The van der Waals surface area contributed by atoms with E-state index < -0.39 is 0 Å². The van der Waals surface area contributed by atoms with Gasteiger partial charge >= 0.3 is 6.08 Å². The molecule has 0 atom stereocenters. The largest absolute Gasteiger partial charge is 0.448 e. The van der Waals surface area contributed by atoms with E-state index >= 15 is 0 Å². The first kappa shape index (κ1) is 12.0. The van der Waals surface area contributed by atoms with Gasteiger partial charge in [0.25, 0.3) is 0 Å². The van der Waals surface area contributed by atoms with Crippen molar-refractivity contribution in [2.45, 2.75) is 32.9 Å². The van der Waals surface area contributed by atoms with Crippen LogP contribution in [0.5, 0.6) is 6.08 Å². The Morgan fingerprint density at radius 1 is 1.40 bits per heavy atom. The first-order valence-electron chi connectivity index (χ1n) is 4.92. The van der Waals surface area contributed by atoms with Gasteiger partial charge in [-0.1, -0.05) is 0 Å². The zero-order chi connectivity index (χ0) is 11.3. The summed E-state index contributed by atoms with van der Waals surface area (Å²) in [4.78, 5) is 3.99. The molecular weight excluding hydrogens is 196 g/mol. The fourth-order valence-corrected chi connectivity index (χ4v) is 0.925. The van der Waals surface area contributed by atoms with Gasteiger partial charge in [0.05, 0.1) is 17.9 Å². The van der Waals surface area contributed by atoms with Crippen molar-refractivity contribution in [1.82, 2.24) is 4.98 Å². The second-order valence-electron chi connectivity index (χ2n) is 4.12. The smallest absolute Gasteiger partial charge is 0.393 e. The molecule has 0 fully saturated rings. The predicted octanol–water partition coefficient (Wildman–Crippen LogP) is 1.33. The Labute approximate surface area is 89.6 Å². The first-order chi connectivity index (χ1) is 7.01. The maximum atomic E-state index is 5.47. The van der Waals surface area contributed by atoms with Crippen molar-refractivity contribution in [1.29, 1.82) is 0 Å². The highest BCUT2D eigenvalue weighted by atomic mass is 16.6. The van der Waals surface area contributed by atoms with Crippen molar-refractivity contribution >= 4 is 0 Å². The minimum Gasteiger partial charge on any atom is -0.448 e. The number of aromatic nitrogens is 1. The van der Waals surface area contributed by atoms with Crippen molar-refractivity contribution in [3.05, 3.63) is 12.0 Å². The van der Waals surface area contributed by atoms with Gasteiger partial charge in [0, 0.05) is 6.54 Å². The summed E-state index contributed by atoms with van der Waals surface area (Å²) in [5.74, 6) is 0. The van der Waals surface area contributed by atoms with Crippen LogP contribution in [0.2, 0.25) is 0 Å².